The molecule has 0 N–H and O–H groups in total. The maximum absolute atomic E-state index is 11.8. The first-order chi connectivity index (χ1) is 9.32. The van der Waals surface area contributed by atoms with Crippen LogP contribution in [0.3, 0.4) is 0 Å². The van der Waals surface area contributed by atoms with Gasteiger partial charge in [-0.1, -0.05) is 41.0 Å². The molecule has 0 aromatic carbocycles. The number of carbonyl (C=O) groups excluding carboxylic acids is 1. The fourth-order valence-corrected chi connectivity index (χ4v) is 5.35. The molecule has 0 aliphatic heterocycles. The summed E-state index contributed by atoms with van der Waals surface area (Å²) in [5.41, 5.74) is -0.240. The Hall–Kier alpha value is -0.530. The minimum Gasteiger partial charge on any atom is -0.458 e. The molecule has 116 valence electrons. The third-order valence-corrected chi connectivity index (χ3v) is 6.52. The van der Waals surface area contributed by atoms with E-state index in [-0.39, 0.29) is 11.6 Å². The van der Waals surface area contributed by atoms with Crippen molar-refractivity contribution in [3.8, 4) is 0 Å². The Morgan fingerprint density at radius 1 is 1.25 bits per heavy atom. The number of esters is 1. The van der Waals surface area contributed by atoms with Gasteiger partial charge in [-0.05, 0) is 54.8 Å². The molecule has 2 heteroatoms. The Kier molecular flexibility index (Phi) is 4.51. The second kappa shape index (κ2) is 5.69. The minimum absolute atomic E-state index is 0.102. The van der Waals surface area contributed by atoms with Gasteiger partial charge >= 0.3 is 5.97 Å². The number of ether oxygens (including phenoxy) is 1. The lowest BCUT2D eigenvalue weighted by molar-refractivity contribution is -0.211. The largest absolute Gasteiger partial charge is 0.458 e. The summed E-state index contributed by atoms with van der Waals surface area (Å²) < 4.78 is 6.06. The second-order valence-corrected chi connectivity index (χ2v) is 7.69. The topological polar surface area (TPSA) is 26.3 Å². The monoisotopic (exact) mass is 280 g/mol. The van der Waals surface area contributed by atoms with E-state index < -0.39 is 0 Å². The number of carbonyl (C=O) groups is 1. The molecule has 0 saturated heterocycles. The summed E-state index contributed by atoms with van der Waals surface area (Å²) >= 11 is 0. The summed E-state index contributed by atoms with van der Waals surface area (Å²) in [6, 6.07) is 0. The van der Waals surface area contributed by atoms with Crippen LogP contribution in [0, 0.1) is 35.5 Å². The lowest BCUT2D eigenvalue weighted by Gasteiger charge is -2.58. The molecule has 0 aromatic heterocycles. The molecule has 0 amide bonds. The molecule has 0 radical (unpaired) electrons. The average Bonchev–Trinajstić information content (AvgIpc) is 2.40. The third-order valence-electron chi connectivity index (χ3n) is 6.52. The molecule has 2 nitrogen and oxygen atoms in total. The van der Waals surface area contributed by atoms with Gasteiger partial charge in [-0.25, -0.2) is 0 Å². The molecule has 6 atom stereocenters. The summed E-state index contributed by atoms with van der Waals surface area (Å²) in [5.74, 6) is 3.62. The molecule has 6 unspecified atom stereocenters. The zero-order chi connectivity index (χ0) is 15.1. The van der Waals surface area contributed by atoms with Crippen LogP contribution in [0.4, 0.5) is 0 Å². The van der Waals surface area contributed by atoms with Crippen LogP contribution in [0.15, 0.2) is 0 Å². The highest BCUT2D eigenvalue weighted by Gasteiger charge is 2.57. The first-order valence-corrected chi connectivity index (χ1v) is 8.52. The summed E-state index contributed by atoms with van der Waals surface area (Å²) in [4.78, 5) is 11.8. The maximum Gasteiger partial charge on any atom is 0.303 e. The van der Waals surface area contributed by atoms with Gasteiger partial charge < -0.3 is 4.74 Å². The second-order valence-electron chi connectivity index (χ2n) is 7.69. The molecule has 2 fully saturated rings. The van der Waals surface area contributed by atoms with Crippen molar-refractivity contribution in [3.05, 3.63) is 0 Å². The first kappa shape index (κ1) is 15.9. The van der Waals surface area contributed by atoms with Gasteiger partial charge in [0.1, 0.15) is 5.60 Å². The average molecular weight is 280 g/mol. The van der Waals surface area contributed by atoms with Gasteiger partial charge in [0.05, 0.1) is 0 Å². The van der Waals surface area contributed by atoms with Crippen LogP contribution in [0.2, 0.25) is 0 Å². The molecule has 20 heavy (non-hydrogen) atoms. The molecule has 0 heterocycles. The molecule has 0 aromatic rings. The van der Waals surface area contributed by atoms with E-state index >= 15 is 0 Å². The van der Waals surface area contributed by atoms with Crippen molar-refractivity contribution in [2.45, 2.75) is 72.8 Å². The highest BCUT2D eigenvalue weighted by molar-refractivity contribution is 5.66. The number of rotatable bonds is 3. The Morgan fingerprint density at radius 3 is 2.40 bits per heavy atom. The van der Waals surface area contributed by atoms with E-state index in [1.54, 1.807) is 6.92 Å². The SMILES string of the molecule is CCC1CC2CC(C1)C(OC(C)=O)(C(C)C)C(C)C2C. The summed E-state index contributed by atoms with van der Waals surface area (Å²) in [6.07, 6.45) is 5.15. The fraction of sp³-hybridized carbons (Fsp3) is 0.944. The van der Waals surface area contributed by atoms with E-state index in [9.17, 15) is 4.79 Å². The molecule has 2 rings (SSSR count). The van der Waals surface area contributed by atoms with Crippen LogP contribution in [0.1, 0.15) is 67.2 Å². The maximum atomic E-state index is 11.8. The van der Waals surface area contributed by atoms with E-state index in [0.29, 0.717) is 23.7 Å². The van der Waals surface area contributed by atoms with Crippen molar-refractivity contribution in [3.63, 3.8) is 0 Å². The normalized spacial score (nSPS) is 44.5. The Labute approximate surface area is 124 Å². The summed E-state index contributed by atoms with van der Waals surface area (Å²) in [5, 5.41) is 0. The van der Waals surface area contributed by atoms with Crippen molar-refractivity contribution in [2.24, 2.45) is 35.5 Å². The van der Waals surface area contributed by atoms with Gasteiger partial charge in [0.15, 0.2) is 0 Å². The lowest BCUT2D eigenvalue weighted by Crippen LogP contribution is -2.60. The van der Waals surface area contributed by atoms with Gasteiger partial charge in [0.25, 0.3) is 0 Å². The van der Waals surface area contributed by atoms with Gasteiger partial charge in [-0.15, -0.1) is 0 Å². The quantitative estimate of drug-likeness (QED) is 0.702. The fourth-order valence-electron chi connectivity index (χ4n) is 5.35. The van der Waals surface area contributed by atoms with E-state index in [1.807, 2.05) is 0 Å². The molecular formula is C18H32O2. The molecule has 2 saturated carbocycles. The predicted molar refractivity (Wildman–Crippen MR) is 82.3 cm³/mol. The van der Waals surface area contributed by atoms with Gasteiger partial charge in [-0.3, -0.25) is 4.79 Å². The van der Waals surface area contributed by atoms with Crippen molar-refractivity contribution in [1.29, 1.82) is 0 Å². The standard InChI is InChI=1S/C18H32O2/c1-7-15-8-16-10-17(9-15)18(11(2)3,20-14(6)19)13(5)12(16)4/h11-13,15-17H,7-10H2,1-6H3. The molecule has 2 aliphatic rings. The van der Waals surface area contributed by atoms with E-state index in [2.05, 4.69) is 34.6 Å². The van der Waals surface area contributed by atoms with Gasteiger partial charge in [0.2, 0.25) is 0 Å². The highest BCUT2D eigenvalue weighted by Crippen LogP contribution is 2.57. The predicted octanol–water partition coefficient (Wildman–Crippen LogP) is 4.67. The Bertz CT molecular complexity index is 360. The molecular weight excluding hydrogens is 248 g/mol. The van der Waals surface area contributed by atoms with Crippen molar-refractivity contribution in [1.82, 2.24) is 0 Å². The van der Waals surface area contributed by atoms with E-state index in [1.165, 1.54) is 25.7 Å². The van der Waals surface area contributed by atoms with Crippen LogP contribution in [-0.2, 0) is 9.53 Å². The molecule has 2 aliphatic carbocycles. The zero-order valence-electron chi connectivity index (χ0n) is 14.1. The van der Waals surface area contributed by atoms with Crippen molar-refractivity contribution >= 4 is 5.97 Å². The van der Waals surface area contributed by atoms with Crippen LogP contribution in [0.25, 0.3) is 0 Å². The van der Waals surface area contributed by atoms with Crippen LogP contribution in [-0.4, -0.2) is 11.6 Å². The molecule has 2 bridgehead atoms. The van der Waals surface area contributed by atoms with Crippen molar-refractivity contribution in [2.75, 3.05) is 0 Å². The van der Waals surface area contributed by atoms with Crippen LogP contribution in [0.5, 0.6) is 0 Å². The highest BCUT2D eigenvalue weighted by atomic mass is 16.6. The van der Waals surface area contributed by atoms with Gasteiger partial charge in [0, 0.05) is 6.92 Å². The smallest absolute Gasteiger partial charge is 0.303 e. The number of hydrogen-bond acceptors (Lipinski definition) is 2. The number of hydrogen-bond donors (Lipinski definition) is 0. The number of fused-ring (bicyclic) bond motifs is 2. The lowest BCUT2D eigenvalue weighted by atomic mass is 9.51. The Morgan fingerprint density at radius 2 is 1.90 bits per heavy atom. The van der Waals surface area contributed by atoms with Crippen molar-refractivity contribution < 1.29 is 9.53 Å². The summed E-state index contributed by atoms with van der Waals surface area (Å²) in [7, 11) is 0. The Balaban J connectivity index is 2.39. The first-order valence-electron chi connectivity index (χ1n) is 8.52. The summed E-state index contributed by atoms with van der Waals surface area (Å²) in [6.45, 7) is 13.1. The van der Waals surface area contributed by atoms with Crippen LogP contribution < -0.4 is 0 Å². The zero-order valence-corrected chi connectivity index (χ0v) is 14.1. The van der Waals surface area contributed by atoms with E-state index in [0.717, 1.165) is 11.8 Å². The van der Waals surface area contributed by atoms with Crippen LogP contribution >= 0.6 is 0 Å². The molecule has 0 spiro atoms. The minimum atomic E-state index is -0.240. The third kappa shape index (κ3) is 2.40. The van der Waals surface area contributed by atoms with E-state index in [4.69, 9.17) is 4.74 Å². The van der Waals surface area contributed by atoms with Gasteiger partial charge in [-0.2, -0.15) is 0 Å².